The van der Waals surface area contributed by atoms with Gasteiger partial charge in [-0.05, 0) is 54.8 Å². The topological polar surface area (TPSA) is 50.4 Å². The highest BCUT2D eigenvalue weighted by Crippen LogP contribution is 2.17. The summed E-state index contributed by atoms with van der Waals surface area (Å²) >= 11 is 0. The van der Waals surface area contributed by atoms with Crippen LogP contribution in [0.1, 0.15) is 32.3 Å². The number of ether oxygens (including phenoxy) is 1. The molecule has 0 fully saturated rings. The van der Waals surface area contributed by atoms with Crippen LogP contribution in [-0.2, 0) is 4.79 Å². The molecule has 122 valence electrons. The van der Waals surface area contributed by atoms with E-state index >= 15 is 0 Å². The normalized spacial score (nSPS) is 10.4. The largest absolute Gasteiger partial charge is 0.494 e. The van der Waals surface area contributed by atoms with Crippen molar-refractivity contribution < 1.29 is 9.53 Å². The van der Waals surface area contributed by atoms with E-state index in [1.54, 1.807) is 0 Å². The van der Waals surface area contributed by atoms with Crippen LogP contribution in [0.2, 0.25) is 0 Å². The van der Waals surface area contributed by atoms with E-state index in [2.05, 4.69) is 36.6 Å². The van der Waals surface area contributed by atoms with Gasteiger partial charge in [-0.3, -0.25) is 4.79 Å². The number of rotatable bonds is 7. The van der Waals surface area contributed by atoms with Gasteiger partial charge in [-0.25, -0.2) is 0 Å². The molecule has 2 N–H and O–H groups in total. The van der Waals surface area contributed by atoms with Crippen molar-refractivity contribution in [1.29, 1.82) is 0 Å². The van der Waals surface area contributed by atoms with Crippen LogP contribution in [0.4, 0.5) is 11.4 Å². The van der Waals surface area contributed by atoms with Crippen molar-refractivity contribution in [2.24, 2.45) is 0 Å². The lowest BCUT2D eigenvalue weighted by Crippen LogP contribution is -2.21. The van der Waals surface area contributed by atoms with Gasteiger partial charge in [-0.2, -0.15) is 0 Å². The molecule has 1 amide bonds. The SMILES string of the molecule is CCOc1ccc(NC(=O)CNc2ccc(C(C)C)cc2)cc1. The molecule has 0 aromatic heterocycles. The molecule has 2 aromatic rings. The summed E-state index contributed by atoms with van der Waals surface area (Å²) in [4.78, 5) is 12.0. The van der Waals surface area contributed by atoms with Gasteiger partial charge in [0.15, 0.2) is 0 Å². The maximum absolute atomic E-state index is 12.0. The lowest BCUT2D eigenvalue weighted by Gasteiger charge is -2.10. The molecule has 0 aliphatic rings. The number of amides is 1. The zero-order chi connectivity index (χ0) is 16.7. The number of benzene rings is 2. The van der Waals surface area contributed by atoms with Crippen LogP contribution in [0.5, 0.6) is 5.75 Å². The third-order valence-corrected chi connectivity index (χ3v) is 3.48. The highest BCUT2D eigenvalue weighted by atomic mass is 16.5. The number of hydrogen-bond donors (Lipinski definition) is 2. The summed E-state index contributed by atoms with van der Waals surface area (Å²) in [5.74, 6) is 1.22. The van der Waals surface area contributed by atoms with E-state index in [0.29, 0.717) is 12.5 Å². The summed E-state index contributed by atoms with van der Waals surface area (Å²) in [5.41, 5.74) is 2.99. The molecule has 0 bridgehead atoms. The van der Waals surface area contributed by atoms with Crippen LogP contribution in [-0.4, -0.2) is 19.1 Å². The van der Waals surface area contributed by atoms with Crippen LogP contribution in [0, 0.1) is 0 Å². The smallest absolute Gasteiger partial charge is 0.243 e. The standard InChI is InChI=1S/C19H24N2O2/c1-4-23-18-11-9-17(10-12-18)21-19(22)13-20-16-7-5-15(6-8-16)14(2)3/h5-12,14,20H,4,13H2,1-3H3,(H,21,22). The van der Waals surface area contributed by atoms with Crippen molar-refractivity contribution in [3.05, 3.63) is 54.1 Å². The predicted octanol–water partition coefficient (Wildman–Crippen LogP) is 4.26. The van der Waals surface area contributed by atoms with Gasteiger partial charge >= 0.3 is 0 Å². The Morgan fingerprint density at radius 2 is 1.61 bits per heavy atom. The van der Waals surface area contributed by atoms with Gasteiger partial charge in [-0.15, -0.1) is 0 Å². The van der Waals surface area contributed by atoms with Gasteiger partial charge in [0, 0.05) is 11.4 Å². The minimum atomic E-state index is -0.0814. The van der Waals surface area contributed by atoms with E-state index in [1.807, 2.05) is 43.3 Å². The van der Waals surface area contributed by atoms with E-state index in [1.165, 1.54) is 5.56 Å². The zero-order valence-electron chi connectivity index (χ0n) is 13.9. The van der Waals surface area contributed by atoms with E-state index in [4.69, 9.17) is 4.74 Å². The van der Waals surface area contributed by atoms with Crippen LogP contribution < -0.4 is 15.4 Å². The number of hydrogen-bond acceptors (Lipinski definition) is 3. The molecule has 0 spiro atoms. The van der Waals surface area contributed by atoms with Gasteiger partial charge in [0.25, 0.3) is 0 Å². The van der Waals surface area contributed by atoms with Crippen molar-refractivity contribution in [3.8, 4) is 5.75 Å². The molecule has 2 aromatic carbocycles. The minimum Gasteiger partial charge on any atom is -0.494 e. The Kier molecular flexibility index (Phi) is 6.03. The third kappa shape index (κ3) is 5.33. The van der Waals surface area contributed by atoms with E-state index < -0.39 is 0 Å². The Hall–Kier alpha value is -2.49. The van der Waals surface area contributed by atoms with Gasteiger partial charge in [-0.1, -0.05) is 26.0 Å². The number of carbonyl (C=O) groups excluding carboxylic acids is 1. The van der Waals surface area contributed by atoms with Crippen molar-refractivity contribution in [3.63, 3.8) is 0 Å². The Morgan fingerprint density at radius 1 is 1.00 bits per heavy atom. The maximum atomic E-state index is 12.0. The Morgan fingerprint density at radius 3 is 2.17 bits per heavy atom. The summed E-state index contributed by atoms with van der Waals surface area (Å²) in [6, 6.07) is 15.5. The third-order valence-electron chi connectivity index (χ3n) is 3.48. The quantitative estimate of drug-likeness (QED) is 0.803. The first kappa shape index (κ1) is 16.9. The molecular weight excluding hydrogens is 288 g/mol. The molecule has 0 heterocycles. The number of anilines is 2. The average Bonchev–Trinajstić information content (AvgIpc) is 2.55. The summed E-state index contributed by atoms with van der Waals surface area (Å²) in [6.45, 7) is 7.12. The van der Waals surface area contributed by atoms with Crippen molar-refractivity contribution >= 4 is 17.3 Å². The molecule has 0 saturated heterocycles. The minimum absolute atomic E-state index is 0.0814. The number of carbonyl (C=O) groups is 1. The second-order valence-electron chi connectivity index (χ2n) is 5.64. The second-order valence-corrected chi connectivity index (χ2v) is 5.64. The van der Waals surface area contributed by atoms with E-state index in [-0.39, 0.29) is 12.5 Å². The lowest BCUT2D eigenvalue weighted by molar-refractivity contribution is -0.114. The van der Waals surface area contributed by atoms with Gasteiger partial charge in [0.2, 0.25) is 5.91 Å². The van der Waals surface area contributed by atoms with E-state index in [0.717, 1.165) is 17.1 Å². The van der Waals surface area contributed by atoms with Crippen LogP contribution in [0.25, 0.3) is 0 Å². The Labute approximate surface area is 137 Å². The molecule has 0 aliphatic carbocycles. The first-order chi connectivity index (χ1) is 11.1. The maximum Gasteiger partial charge on any atom is 0.243 e. The van der Waals surface area contributed by atoms with Crippen LogP contribution in [0.3, 0.4) is 0 Å². The molecule has 4 nitrogen and oxygen atoms in total. The Bertz CT molecular complexity index is 619. The fourth-order valence-electron chi connectivity index (χ4n) is 2.17. The average molecular weight is 312 g/mol. The van der Waals surface area contributed by atoms with Gasteiger partial charge in [0.1, 0.15) is 5.75 Å². The molecule has 4 heteroatoms. The molecular formula is C19H24N2O2. The van der Waals surface area contributed by atoms with Gasteiger partial charge < -0.3 is 15.4 Å². The summed E-state index contributed by atoms with van der Waals surface area (Å²) in [7, 11) is 0. The van der Waals surface area contributed by atoms with Crippen molar-refractivity contribution in [2.75, 3.05) is 23.8 Å². The molecule has 0 radical (unpaired) electrons. The molecule has 23 heavy (non-hydrogen) atoms. The molecule has 2 rings (SSSR count). The zero-order valence-corrected chi connectivity index (χ0v) is 13.9. The highest BCUT2D eigenvalue weighted by molar-refractivity contribution is 5.93. The molecule has 0 aliphatic heterocycles. The second kappa shape index (κ2) is 8.22. The van der Waals surface area contributed by atoms with Gasteiger partial charge in [0.05, 0.1) is 13.2 Å². The summed E-state index contributed by atoms with van der Waals surface area (Å²) in [6.07, 6.45) is 0. The predicted molar refractivity (Wildman–Crippen MR) is 95.3 cm³/mol. The van der Waals surface area contributed by atoms with Crippen LogP contribution in [0.15, 0.2) is 48.5 Å². The lowest BCUT2D eigenvalue weighted by atomic mass is 10.0. The fourth-order valence-corrected chi connectivity index (χ4v) is 2.17. The van der Waals surface area contributed by atoms with Crippen molar-refractivity contribution in [1.82, 2.24) is 0 Å². The molecule has 0 saturated carbocycles. The van der Waals surface area contributed by atoms with Crippen LogP contribution >= 0.6 is 0 Å². The first-order valence-electron chi connectivity index (χ1n) is 7.95. The summed E-state index contributed by atoms with van der Waals surface area (Å²) < 4.78 is 5.37. The first-order valence-corrected chi connectivity index (χ1v) is 7.95. The number of nitrogens with one attached hydrogen (secondary N) is 2. The van der Waals surface area contributed by atoms with Crippen molar-refractivity contribution in [2.45, 2.75) is 26.7 Å². The summed E-state index contributed by atoms with van der Waals surface area (Å²) in [5, 5.41) is 5.98. The monoisotopic (exact) mass is 312 g/mol. The Balaban J connectivity index is 1.82. The fraction of sp³-hybridized carbons (Fsp3) is 0.316. The molecule has 0 unspecified atom stereocenters. The molecule has 0 atom stereocenters. The van der Waals surface area contributed by atoms with E-state index in [9.17, 15) is 4.79 Å². The highest BCUT2D eigenvalue weighted by Gasteiger charge is 2.04.